The van der Waals surface area contributed by atoms with Gasteiger partial charge in [-0.1, -0.05) is 30.3 Å². The average molecular weight is 200 g/mol. The number of rotatable bonds is 1. The molecule has 0 amide bonds. The summed E-state index contributed by atoms with van der Waals surface area (Å²) in [6.07, 6.45) is -1.83. The highest BCUT2D eigenvalue weighted by Crippen LogP contribution is 2.14. The van der Waals surface area contributed by atoms with Crippen LogP contribution in [0.25, 0.3) is 0 Å². The van der Waals surface area contributed by atoms with Gasteiger partial charge in [-0.2, -0.15) is 0 Å². The highest BCUT2D eigenvalue weighted by Gasteiger charge is 2.16. The Balaban J connectivity index is 0.000000364. The molecule has 0 heterocycles. The molecule has 0 atom stereocenters. The van der Waals surface area contributed by atoms with Crippen molar-refractivity contribution in [2.45, 2.75) is 12.7 Å². The van der Waals surface area contributed by atoms with Crippen LogP contribution in [-0.4, -0.2) is 26.6 Å². The summed E-state index contributed by atoms with van der Waals surface area (Å²) in [5.74, 6) is -1.71. The van der Waals surface area contributed by atoms with Crippen LogP contribution in [0.1, 0.15) is 12.5 Å². The molecule has 0 saturated heterocycles. The van der Waals surface area contributed by atoms with Crippen molar-refractivity contribution in [3.63, 3.8) is 0 Å². The van der Waals surface area contributed by atoms with Gasteiger partial charge in [-0.3, -0.25) is 0 Å². The second-order valence-corrected chi connectivity index (χ2v) is 2.67. The molecule has 0 aromatic heterocycles. The van der Waals surface area contributed by atoms with Gasteiger partial charge in [0.2, 0.25) is 0 Å². The van der Waals surface area contributed by atoms with E-state index in [9.17, 15) is 0 Å². The molecule has 0 saturated carbocycles. The lowest BCUT2D eigenvalue weighted by molar-refractivity contribution is -0.152. The quantitative estimate of drug-likeness (QED) is 0.508. The Morgan fingerprint density at radius 2 is 1.50 bits per heavy atom. The lowest BCUT2D eigenvalue weighted by atomic mass is 10.1. The van der Waals surface area contributed by atoms with Gasteiger partial charge in [0.25, 0.3) is 0 Å². The normalized spacial score (nSPS) is 9.93. The minimum absolute atomic E-state index is 0.509. The van der Waals surface area contributed by atoms with Crippen molar-refractivity contribution < 1.29 is 25.2 Å². The standard InChI is InChI=1S/C8H10O2.CH2O3/c1-8(9,10)7-5-3-2-4-6-7;2-1(3)4/h2-6,9-10H,1H3;(H2,2,3,4). The molecule has 1 rings (SSSR count). The van der Waals surface area contributed by atoms with Crippen LogP contribution in [0.3, 0.4) is 0 Å². The summed E-state index contributed by atoms with van der Waals surface area (Å²) in [7, 11) is 0. The minimum Gasteiger partial charge on any atom is -0.450 e. The molecule has 0 spiro atoms. The number of hydrogen-bond donors (Lipinski definition) is 4. The van der Waals surface area contributed by atoms with Crippen LogP contribution in [0.4, 0.5) is 4.79 Å². The Kier molecular flexibility index (Phi) is 4.62. The van der Waals surface area contributed by atoms with Crippen LogP contribution in [0, 0.1) is 0 Å². The number of carboxylic acid groups (broad SMARTS) is 2. The van der Waals surface area contributed by atoms with Crippen molar-refractivity contribution >= 4 is 6.16 Å². The van der Waals surface area contributed by atoms with E-state index in [1.165, 1.54) is 6.92 Å². The molecular weight excluding hydrogens is 188 g/mol. The van der Waals surface area contributed by atoms with Gasteiger partial charge in [0.1, 0.15) is 0 Å². The third-order valence-electron chi connectivity index (χ3n) is 1.32. The van der Waals surface area contributed by atoms with Crippen molar-refractivity contribution in [3.8, 4) is 0 Å². The average Bonchev–Trinajstić information content (AvgIpc) is 2.03. The van der Waals surface area contributed by atoms with Gasteiger partial charge in [-0.15, -0.1) is 0 Å². The smallest absolute Gasteiger partial charge is 0.450 e. The first-order valence-electron chi connectivity index (χ1n) is 3.76. The number of carbonyl (C=O) groups is 1. The highest BCUT2D eigenvalue weighted by molar-refractivity contribution is 5.53. The minimum atomic E-state index is -1.83. The molecule has 0 aliphatic rings. The third-order valence-corrected chi connectivity index (χ3v) is 1.32. The van der Waals surface area contributed by atoms with Crippen LogP contribution in [0.2, 0.25) is 0 Å². The summed E-state index contributed by atoms with van der Waals surface area (Å²) >= 11 is 0. The molecule has 0 bridgehead atoms. The Bertz CT molecular complexity index is 271. The Morgan fingerprint density at radius 1 is 1.14 bits per heavy atom. The molecule has 1 aromatic carbocycles. The SMILES string of the molecule is CC(O)(O)c1ccccc1.O=C(O)O. The zero-order valence-electron chi connectivity index (χ0n) is 7.58. The predicted molar refractivity (Wildman–Crippen MR) is 48.9 cm³/mol. The zero-order chi connectivity index (χ0) is 11.2. The predicted octanol–water partition coefficient (Wildman–Crippen LogP) is 1.07. The van der Waals surface area contributed by atoms with Crippen LogP contribution in [0.15, 0.2) is 30.3 Å². The maximum atomic E-state index is 9.04. The molecule has 0 aliphatic heterocycles. The first kappa shape index (κ1) is 12.4. The fourth-order valence-electron chi connectivity index (χ4n) is 0.754. The summed E-state index contributed by atoms with van der Waals surface area (Å²) in [5.41, 5.74) is 0.509. The van der Waals surface area contributed by atoms with E-state index in [4.69, 9.17) is 25.2 Å². The van der Waals surface area contributed by atoms with Crippen molar-refractivity contribution in [2.75, 3.05) is 0 Å². The molecule has 78 valence electrons. The second kappa shape index (κ2) is 5.21. The number of hydrogen-bond acceptors (Lipinski definition) is 3. The topological polar surface area (TPSA) is 98.0 Å². The maximum absolute atomic E-state index is 9.04. The summed E-state index contributed by atoms with van der Waals surface area (Å²) in [6.45, 7) is 1.34. The summed E-state index contributed by atoms with van der Waals surface area (Å²) in [4.78, 5) is 8.56. The lowest BCUT2D eigenvalue weighted by Gasteiger charge is -2.15. The summed E-state index contributed by atoms with van der Waals surface area (Å²) in [5, 5.41) is 32.0. The molecule has 0 radical (unpaired) electrons. The van der Waals surface area contributed by atoms with Crippen molar-refractivity contribution in [3.05, 3.63) is 35.9 Å². The van der Waals surface area contributed by atoms with E-state index in [1.807, 2.05) is 6.07 Å². The van der Waals surface area contributed by atoms with Crippen LogP contribution in [-0.2, 0) is 5.79 Å². The fraction of sp³-hybridized carbons (Fsp3) is 0.222. The molecule has 0 unspecified atom stereocenters. The van der Waals surface area contributed by atoms with Crippen molar-refractivity contribution in [2.24, 2.45) is 0 Å². The van der Waals surface area contributed by atoms with E-state index in [0.29, 0.717) is 5.56 Å². The van der Waals surface area contributed by atoms with Gasteiger partial charge < -0.3 is 20.4 Å². The molecule has 14 heavy (non-hydrogen) atoms. The van der Waals surface area contributed by atoms with Crippen molar-refractivity contribution in [1.29, 1.82) is 0 Å². The summed E-state index contributed by atoms with van der Waals surface area (Å²) in [6, 6.07) is 8.69. The van der Waals surface area contributed by atoms with Gasteiger partial charge in [0.05, 0.1) is 0 Å². The fourth-order valence-corrected chi connectivity index (χ4v) is 0.754. The maximum Gasteiger partial charge on any atom is 0.503 e. The van der Waals surface area contributed by atoms with E-state index in [0.717, 1.165) is 0 Å². The molecule has 4 N–H and O–H groups in total. The molecular formula is C9H12O5. The summed E-state index contributed by atoms with van der Waals surface area (Å²) < 4.78 is 0. The molecule has 5 heteroatoms. The van der Waals surface area contributed by atoms with Crippen LogP contribution < -0.4 is 0 Å². The third kappa shape index (κ3) is 5.99. The van der Waals surface area contributed by atoms with Gasteiger partial charge >= 0.3 is 6.16 Å². The second-order valence-electron chi connectivity index (χ2n) is 2.67. The Hall–Kier alpha value is -1.59. The van der Waals surface area contributed by atoms with Gasteiger partial charge in [-0.05, 0) is 6.92 Å². The van der Waals surface area contributed by atoms with E-state index in [2.05, 4.69) is 0 Å². The number of aliphatic hydroxyl groups is 2. The zero-order valence-corrected chi connectivity index (χ0v) is 7.58. The van der Waals surface area contributed by atoms with Gasteiger partial charge in [0, 0.05) is 5.56 Å². The molecule has 1 aromatic rings. The van der Waals surface area contributed by atoms with Crippen LogP contribution in [0.5, 0.6) is 0 Å². The van der Waals surface area contributed by atoms with Gasteiger partial charge in [-0.25, -0.2) is 4.79 Å². The van der Waals surface area contributed by atoms with E-state index in [-0.39, 0.29) is 0 Å². The molecule has 0 fully saturated rings. The highest BCUT2D eigenvalue weighted by atomic mass is 16.6. The van der Waals surface area contributed by atoms with Crippen LogP contribution >= 0.6 is 0 Å². The molecule has 0 aliphatic carbocycles. The number of benzene rings is 1. The Labute approximate surface area is 80.9 Å². The first-order chi connectivity index (χ1) is 6.34. The van der Waals surface area contributed by atoms with Gasteiger partial charge in [0.15, 0.2) is 5.79 Å². The largest absolute Gasteiger partial charge is 0.503 e. The monoisotopic (exact) mass is 200 g/mol. The van der Waals surface area contributed by atoms with E-state index in [1.54, 1.807) is 24.3 Å². The van der Waals surface area contributed by atoms with Crippen molar-refractivity contribution in [1.82, 2.24) is 0 Å². The van der Waals surface area contributed by atoms with E-state index < -0.39 is 11.9 Å². The Morgan fingerprint density at radius 3 is 1.71 bits per heavy atom. The van der Waals surface area contributed by atoms with E-state index >= 15 is 0 Å². The molecule has 5 nitrogen and oxygen atoms in total. The first-order valence-corrected chi connectivity index (χ1v) is 3.76. The lowest BCUT2D eigenvalue weighted by Crippen LogP contribution is -2.19.